The predicted octanol–water partition coefficient (Wildman–Crippen LogP) is 6.26. The molecule has 2 N–H and O–H groups in total. The second kappa shape index (κ2) is 7.31. The van der Waals surface area contributed by atoms with Crippen LogP contribution in [0.4, 0.5) is 0 Å². The SMILES string of the molecule is C[C@@H](CO)[C@@H]1CC[C@]2(C)CC[C@]3(C)[C@H](CC[C@@H]4[C@@]5(C)CCC(=O)C(C)(C)[C@@H]5C[C@H](O)[C@]43C)[C@@H]12. The van der Waals surface area contributed by atoms with E-state index in [0.29, 0.717) is 53.8 Å². The van der Waals surface area contributed by atoms with Crippen molar-refractivity contribution in [1.29, 1.82) is 0 Å². The molecule has 5 rings (SSSR count). The minimum Gasteiger partial charge on any atom is -0.396 e. The fourth-order valence-electron chi connectivity index (χ4n) is 11.5. The van der Waals surface area contributed by atoms with E-state index < -0.39 is 0 Å². The van der Waals surface area contributed by atoms with Crippen LogP contribution in [0.5, 0.6) is 0 Å². The van der Waals surface area contributed by atoms with E-state index in [1.807, 2.05) is 0 Å². The van der Waals surface area contributed by atoms with E-state index in [0.717, 1.165) is 12.8 Å². The van der Waals surface area contributed by atoms with Crippen LogP contribution in [0.3, 0.4) is 0 Å². The summed E-state index contributed by atoms with van der Waals surface area (Å²) in [5, 5.41) is 22.1. The maximum Gasteiger partial charge on any atom is 0.138 e. The molecule has 33 heavy (non-hydrogen) atoms. The molecule has 5 aliphatic rings. The number of Topliss-reactive ketones (excluding diaryl/α,β-unsaturated/α-hetero) is 1. The van der Waals surface area contributed by atoms with Crippen molar-refractivity contribution in [2.75, 3.05) is 6.61 Å². The summed E-state index contributed by atoms with van der Waals surface area (Å²) in [6.45, 7) is 16.9. The third kappa shape index (κ3) is 2.85. The lowest BCUT2D eigenvalue weighted by molar-refractivity contribution is -0.272. The van der Waals surface area contributed by atoms with Crippen molar-refractivity contribution >= 4 is 5.78 Å². The summed E-state index contributed by atoms with van der Waals surface area (Å²) in [5.74, 6) is 3.44. The second-order valence-corrected chi connectivity index (χ2v) is 14.9. The van der Waals surface area contributed by atoms with Gasteiger partial charge in [-0.1, -0.05) is 48.5 Å². The molecule has 11 atom stereocenters. The monoisotopic (exact) mass is 458 g/mol. The van der Waals surface area contributed by atoms with Crippen molar-refractivity contribution in [2.45, 2.75) is 112 Å². The summed E-state index contributed by atoms with van der Waals surface area (Å²) in [5.41, 5.74) is 0.219. The average molecular weight is 459 g/mol. The van der Waals surface area contributed by atoms with Crippen molar-refractivity contribution in [3.05, 3.63) is 0 Å². The van der Waals surface area contributed by atoms with Crippen LogP contribution in [0.2, 0.25) is 0 Å². The van der Waals surface area contributed by atoms with Crippen LogP contribution in [-0.2, 0) is 4.79 Å². The summed E-state index contributed by atoms with van der Waals surface area (Å²) in [6, 6.07) is 0. The quantitative estimate of drug-likeness (QED) is 0.514. The Morgan fingerprint density at radius 3 is 2.30 bits per heavy atom. The highest BCUT2D eigenvalue weighted by molar-refractivity contribution is 5.85. The van der Waals surface area contributed by atoms with Crippen LogP contribution < -0.4 is 0 Å². The smallest absolute Gasteiger partial charge is 0.138 e. The van der Waals surface area contributed by atoms with Crippen LogP contribution in [0.1, 0.15) is 106 Å². The van der Waals surface area contributed by atoms with Gasteiger partial charge in [-0.2, -0.15) is 0 Å². The van der Waals surface area contributed by atoms with Gasteiger partial charge in [0, 0.05) is 23.9 Å². The van der Waals surface area contributed by atoms with E-state index >= 15 is 0 Å². The summed E-state index contributed by atoms with van der Waals surface area (Å²) < 4.78 is 0. The molecule has 0 unspecified atom stereocenters. The zero-order chi connectivity index (χ0) is 24.2. The minimum absolute atomic E-state index is 0.103. The van der Waals surface area contributed by atoms with Gasteiger partial charge in [0.15, 0.2) is 0 Å². The van der Waals surface area contributed by atoms with Crippen molar-refractivity contribution < 1.29 is 15.0 Å². The third-order valence-corrected chi connectivity index (χ3v) is 13.7. The van der Waals surface area contributed by atoms with Crippen molar-refractivity contribution in [3.63, 3.8) is 0 Å². The molecule has 5 saturated carbocycles. The molecule has 0 aromatic rings. The van der Waals surface area contributed by atoms with Gasteiger partial charge in [0.05, 0.1) is 6.10 Å². The van der Waals surface area contributed by atoms with Crippen LogP contribution in [0.15, 0.2) is 0 Å². The van der Waals surface area contributed by atoms with Crippen LogP contribution in [-0.4, -0.2) is 28.7 Å². The van der Waals surface area contributed by atoms with E-state index in [9.17, 15) is 15.0 Å². The minimum atomic E-state index is -0.335. The lowest BCUT2D eigenvalue weighted by atomic mass is 9.31. The van der Waals surface area contributed by atoms with Crippen LogP contribution in [0, 0.1) is 62.6 Å². The van der Waals surface area contributed by atoms with Gasteiger partial charge in [-0.05, 0) is 103 Å². The number of hydrogen-bond acceptors (Lipinski definition) is 3. The molecule has 0 radical (unpaired) electrons. The Labute approximate surface area is 202 Å². The van der Waals surface area contributed by atoms with E-state index in [1.165, 1.54) is 38.5 Å². The maximum atomic E-state index is 12.9. The van der Waals surface area contributed by atoms with Crippen molar-refractivity contribution in [3.8, 4) is 0 Å². The number of aliphatic hydroxyl groups excluding tert-OH is 2. The summed E-state index contributed by atoms with van der Waals surface area (Å²) >= 11 is 0. The van der Waals surface area contributed by atoms with Gasteiger partial charge < -0.3 is 10.2 Å². The van der Waals surface area contributed by atoms with Gasteiger partial charge in [0.25, 0.3) is 0 Å². The molecular formula is C30H50O3. The molecule has 0 aromatic heterocycles. The molecule has 0 amide bonds. The number of rotatable bonds is 2. The first-order valence-corrected chi connectivity index (χ1v) is 14.1. The van der Waals surface area contributed by atoms with Gasteiger partial charge in [-0.3, -0.25) is 4.79 Å². The number of carbonyl (C=O) groups is 1. The van der Waals surface area contributed by atoms with E-state index in [4.69, 9.17) is 0 Å². The Bertz CT molecular complexity index is 819. The number of fused-ring (bicyclic) bond motifs is 7. The van der Waals surface area contributed by atoms with Crippen LogP contribution in [0.25, 0.3) is 0 Å². The Balaban J connectivity index is 1.57. The molecule has 5 fully saturated rings. The molecule has 3 nitrogen and oxygen atoms in total. The zero-order valence-corrected chi connectivity index (χ0v) is 22.4. The predicted molar refractivity (Wildman–Crippen MR) is 132 cm³/mol. The Morgan fingerprint density at radius 2 is 1.64 bits per heavy atom. The molecule has 0 saturated heterocycles. The third-order valence-electron chi connectivity index (χ3n) is 13.7. The molecule has 0 heterocycles. The molecular weight excluding hydrogens is 408 g/mol. The fraction of sp³-hybridized carbons (Fsp3) is 0.967. The zero-order valence-electron chi connectivity index (χ0n) is 22.4. The van der Waals surface area contributed by atoms with Crippen molar-refractivity contribution in [2.24, 2.45) is 62.6 Å². The van der Waals surface area contributed by atoms with Gasteiger partial charge in [0.2, 0.25) is 0 Å². The highest BCUT2D eigenvalue weighted by atomic mass is 16.3. The van der Waals surface area contributed by atoms with Gasteiger partial charge >= 0.3 is 0 Å². The highest BCUT2D eigenvalue weighted by Gasteiger charge is 2.72. The molecule has 0 spiro atoms. The van der Waals surface area contributed by atoms with E-state index in [2.05, 4.69) is 48.5 Å². The maximum absolute atomic E-state index is 12.9. The normalized spacial score (nSPS) is 56.3. The Morgan fingerprint density at radius 1 is 0.939 bits per heavy atom. The lowest BCUT2D eigenvalue weighted by Gasteiger charge is -2.73. The highest BCUT2D eigenvalue weighted by Crippen LogP contribution is 2.77. The van der Waals surface area contributed by atoms with E-state index in [-0.39, 0.29) is 33.7 Å². The second-order valence-electron chi connectivity index (χ2n) is 14.9. The topological polar surface area (TPSA) is 57.5 Å². The summed E-state index contributed by atoms with van der Waals surface area (Å²) in [4.78, 5) is 12.9. The molecule has 0 bridgehead atoms. The largest absolute Gasteiger partial charge is 0.396 e. The number of ketones is 1. The first-order valence-electron chi connectivity index (χ1n) is 14.1. The lowest BCUT2D eigenvalue weighted by Crippen LogP contribution is -2.70. The Hall–Kier alpha value is -0.410. The van der Waals surface area contributed by atoms with Gasteiger partial charge in [-0.25, -0.2) is 0 Å². The number of carbonyl (C=O) groups excluding carboxylic acids is 1. The summed E-state index contributed by atoms with van der Waals surface area (Å²) in [6.07, 6.45) is 9.65. The number of hydrogen-bond donors (Lipinski definition) is 2. The molecule has 3 heteroatoms. The van der Waals surface area contributed by atoms with Crippen molar-refractivity contribution in [1.82, 2.24) is 0 Å². The van der Waals surface area contributed by atoms with Gasteiger partial charge in [-0.15, -0.1) is 0 Å². The standard InChI is InChI=1S/C30H50O3/c1-18(17-31)19-10-12-27(4)14-15-29(6)20(25(19)27)8-9-21-28(5)13-11-23(32)26(2,3)22(28)16-24(33)30(21,29)7/h18-22,24-25,31,33H,8-17H2,1-7H3/t18-,19-,20+,21+,22-,24-,25+,27+,28+,29+,30-/m0/s1. The fourth-order valence-corrected chi connectivity index (χ4v) is 11.5. The molecule has 5 aliphatic carbocycles. The Kier molecular flexibility index (Phi) is 5.38. The number of aliphatic hydroxyl groups is 2. The molecule has 0 aromatic carbocycles. The first kappa shape index (κ1) is 24.3. The summed E-state index contributed by atoms with van der Waals surface area (Å²) in [7, 11) is 0. The first-order chi connectivity index (χ1) is 15.3. The van der Waals surface area contributed by atoms with E-state index in [1.54, 1.807) is 0 Å². The molecule has 188 valence electrons. The average Bonchev–Trinajstić information content (AvgIpc) is 3.11. The van der Waals surface area contributed by atoms with Crippen LogP contribution >= 0.6 is 0 Å². The van der Waals surface area contributed by atoms with Gasteiger partial charge in [0.1, 0.15) is 5.78 Å². The molecule has 0 aliphatic heterocycles.